The van der Waals surface area contributed by atoms with Gasteiger partial charge in [-0.3, -0.25) is 0 Å². The molecule has 0 spiro atoms. The first-order valence-electron chi connectivity index (χ1n) is 8.13. The fourth-order valence-corrected chi connectivity index (χ4v) is 4.82. The molecule has 0 aliphatic carbocycles. The fourth-order valence-electron chi connectivity index (χ4n) is 2.83. The van der Waals surface area contributed by atoms with Gasteiger partial charge in [0.1, 0.15) is 11.0 Å². The molecule has 9 heteroatoms. The van der Waals surface area contributed by atoms with E-state index in [2.05, 4.69) is 32.7 Å². The van der Waals surface area contributed by atoms with Crippen LogP contribution in [-0.2, 0) is 14.8 Å². The van der Waals surface area contributed by atoms with Crippen molar-refractivity contribution in [2.75, 3.05) is 45.9 Å². The largest absolute Gasteiger partial charge is 0.471 e. The smallest absolute Gasteiger partial charge is 0.244 e. The Hall–Kier alpha value is -0.740. The first-order chi connectivity index (χ1) is 11.5. The lowest BCUT2D eigenvalue weighted by Crippen LogP contribution is -2.48. The summed E-state index contributed by atoms with van der Waals surface area (Å²) in [6.07, 6.45) is 2.16. The molecule has 0 amide bonds. The van der Waals surface area contributed by atoms with Gasteiger partial charge < -0.3 is 14.4 Å². The topological polar surface area (TPSA) is 72.0 Å². The van der Waals surface area contributed by atoms with Crippen LogP contribution in [0.3, 0.4) is 0 Å². The minimum Gasteiger partial charge on any atom is -0.471 e. The molecule has 1 aromatic heterocycles. The molecule has 24 heavy (non-hydrogen) atoms. The Morgan fingerprint density at radius 1 is 1.38 bits per heavy atom. The molecule has 7 nitrogen and oxygen atoms in total. The van der Waals surface area contributed by atoms with Crippen LogP contribution in [0.1, 0.15) is 13.3 Å². The predicted molar refractivity (Wildman–Crippen MR) is 92.7 cm³/mol. The zero-order valence-corrected chi connectivity index (χ0v) is 16.1. The van der Waals surface area contributed by atoms with E-state index in [0.29, 0.717) is 36.7 Å². The third kappa shape index (κ3) is 3.91. The van der Waals surface area contributed by atoms with Crippen molar-refractivity contribution in [1.29, 1.82) is 0 Å². The molecule has 0 bridgehead atoms. The van der Waals surface area contributed by atoms with E-state index in [9.17, 15) is 8.42 Å². The van der Waals surface area contributed by atoms with Crippen LogP contribution in [0.4, 0.5) is 0 Å². The highest BCUT2D eigenvalue weighted by atomic mass is 79.9. The molecule has 3 rings (SSSR count). The van der Waals surface area contributed by atoms with E-state index < -0.39 is 10.0 Å². The monoisotopic (exact) mass is 419 g/mol. The van der Waals surface area contributed by atoms with E-state index in [1.165, 1.54) is 10.5 Å². The van der Waals surface area contributed by atoms with Crippen LogP contribution >= 0.6 is 15.9 Å². The van der Waals surface area contributed by atoms with Crippen LogP contribution in [0, 0.1) is 0 Å². The lowest BCUT2D eigenvalue weighted by molar-refractivity contribution is 0.137. The third-order valence-corrected chi connectivity index (χ3v) is 6.80. The predicted octanol–water partition coefficient (Wildman–Crippen LogP) is 1.34. The molecule has 0 unspecified atom stereocenters. The Kier molecular flexibility index (Phi) is 5.76. The summed E-state index contributed by atoms with van der Waals surface area (Å²) in [6, 6.07) is 1.57. The number of piperazine rings is 1. The van der Waals surface area contributed by atoms with Crippen molar-refractivity contribution in [3.63, 3.8) is 0 Å². The Morgan fingerprint density at radius 2 is 2.12 bits per heavy atom. The van der Waals surface area contributed by atoms with Crippen molar-refractivity contribution in [1.82, 2.24) is 14.2 Å². The Balaban J connectivity index is 1.72. The summed E-state index contributed by atoms with van der Waals surface area (Å²) in [4.78, 5) is 6.62. The molecule has 134 valence electrons. The summed E-state index contributed by atoms with van der Waals surface area (Å²) in [7, 11) is -3.53. The van der Waals surface area contributed by atoms with Crippen molar-refractivity contribution >= 4 is 26.0 Å². The number of ether oxygens (including phenoxy) is 2. The number of pyridine rings is 1. The lowest BCUT2D eigenvalue weighted by Gasteiger charge is -2.33. The van der Waals surface area contributed by atoms with Crippen LogP contribution in [0.25, 0.3) is 0 Å². The zero-order chi connectivity index (χ0) is 17.2. The van der Waals surface area contributed by atoms with E-state index in [4.69, 9.17) is 9.47 Å². The average molecular weight is 420 g/mol. The van der Waals surface area contributed by atoms with Gasteiger partial charge in [-0.1, -0.05) is 6.92 Å². The first-order valence-corrected chi connectivity index (χ1v) is 10.4. The number of hydrogen-bond donors (Lipinski definition) is 0. The Labute approximate surface area is 151 Å². The van der Waals surface area contributed by atoms with Gasteiger partial charge in [0, 0.05) is 32.6 Å². The van der Waals surface area contributed by atoms with E-state index in [-0.39, 0.29) is 11.0 Å². The van der Waals surface area contributed by atoms with Crippen molar-refractivity contribution in [2.24, 2.45) is 0 Å². The van der Waals surface area contributed by atoms with Gasteiger partial charge in [-0.05, 0) is 28.5 Å². The van der Waals surface area contributed by atoms with Gasteiger partial charge in [0.25, 0.3) is 0 Å². The third-order valence-electron chi connectivity index (χ3n) is 4.36. The summed E-state index contributed by atoms with van der Waals surface area (Å²) in [5.74, 6) is 0.403. The minimum atomic E-state index is -3.53. The van der Waals surface area contributed by atoms with Crippen molar-refractivity contribution in [3.8, 4) is 5.88 Å². The maximum atomic E-state index is 12.8. The van der Waals surface area contributed by atoms with E-state index in [1.54, 1.807) is 6.07 Å². The van der Waals surface area contributed by atoms with Crippen LogP contribution in [0.15, 0.2) is 21.6 Å². The summed E-state index contributed by atoms with van der Waals surface area (Å²) in [5.41, 5.74) is 0. The van der Waals surface area contributed by atoms with Gasteiger partial charge in [0.2, 0.25) is 15.9 Å². The number of nitrogens with zero attached hydrogens (tertiary/aromatic N) is 3. The highest BCUT2D eigenvalue weighted by Crippen LogP contribution is 2.28. The van der Waals surface area contributed by atoms with Gasteiger partial charge >= 0.3 is 0 Å². The number of hydrogen-bond acceptors (Lipinski definition) is 6. The summed E-state index contributed by atoms with van der Waals surface area (Å²) < 4.78 is 38.6. The minimum absolute atomic E-state index is 0.0293. The molecule has 0 radical (unpaired) electrons. The lowest BCUT2D eigenvalue weighted by atomic mass is 10.3. The van der Waals surface area contributed by atoms with Crippen LogP contribution in [0.2, 0.25) is 0 Å². The van der Waals surface area contributed by atoms with Crippen LogP contribution in [-0.4, -0.2) is 74.6 Å². The van der Waals surface area contributed by atoms with Gasteiger partial charge in [0.15, 0.2) is 0 Å². The summed E-state index contributed by atoms with van der Waals surface area (Å²) in [5, 5.41) is 0. The molecule has 2 aliphatic rings. The number of rotatable bonds is 5. The molecule has 3 heterocycles. The molecule has 2 aliphatic heterocycles. The SMILES string of the molecule is CCN1CCN(S(=O)(=O)c2cnc(O[C@H]3CCOC3)c(Br)c2)CC1. The molecule has 0 aromatic carbocycles. The standard InChI is InChI=1S/C15H22BrN3O4S/c1-2-18-4-6-19(7-5-18)24(20,21)13-9-14(16)15(17-10-13)23-12-3-8-22-11-12/h9-10,12H,2-8,11H2,1H3/t12-/m0/s1. The van der Waals surface area contributed by atoms with Crippen LogP contribution in [0.5, 0.6) is 5.88 Å². The number of aromatic nitrogens is 1. The van der Waals surface area contributed by atoms with Crippen molar-refractivity contribution < 1.29 is 17.9 Å². The van der Waals surface area contributed by atoms with Gasteiger partial charge in [-0.15, -0.1) is 0 Å². The first kappa shape index (κ1) is 18.1. The fraction of sp³-hybridized carbons (Fsp3) is 0.667. The second kappa shape index (κ2) is 7.65. The summed E-state index contributed by atoms with van der Waals surface area (Å²) in [6.45, 7) is 6.77. The molecule has 2 saturated heterocycles. The molecule has 1 atom stereocenters. The zero-order valence-electron chi connectivity index (χ0n) is 13.6. The molecule has 2 fully saturated rings. The number of likely N-dealkylation sites (N-methyl/N-ethyl adjacent to an activating group) is 1. The number of sulfonamides is 1. The second-order valence-electron chi connectivity index (χ2n) is 5.90. The molecule has 0 N–H and O–H groups in total. The Morgan fingerprint density at radius 3 is 2.71 bits per heavy atom. The van der Waals surface area contributed by atoms with Crippen molar-refractivity contribution in [3.05, 3.63) is 16.7 Å². The van der Waals surface area contributed by atoms with Crippen molar-refractivity contribution in [2.45, 2.75) is 24.3 Å². The van der Waals surface area contributed by atoms with E-state index in [0.717, 1.165) is 26.1 Å². The maximum Gasteiger partial charge on any atom is 0.244 e. The average Bonchev–Trinajstić information content (AvgIpc) is 3.09. The quantitative estimate of drug-likeness (QED) is 0.716. The molecular weight excluding hydrogens is 398 g/mol. The Bertz CT molecular complexity index is 671. The highest BCUT2D eigenvalue weighted by Gasteiger charge is 2.29. The van der Waals surface area contributed by atoms with Gasteiger partial charge in [0.05, 0.1) is 23.9 Å². The second-order valence-corrected chi connectivity index (χ2v) is 8.69. The van der Waals surface area contributed by atoms with Gasteiger partial charge in [-0.2, -0.15) is 4.31 Å². The maximum absolute atomic E-state index is 12.8. The van der Waals surface area contributed by atoms with E-state index >= 15 is 0 Å². The van der Waals surface area contributed by atoms with Gasteiger partial charge in [-0.25, -0.2) is 13.4 Å². The summed E-state index contributed by atoms with van der Waals surface area (Å²) >= 11 is 3.37. The normalized spacial score (nSPS) is 23.5. The van der Waals surface area contributed by atoms with E-state index in [1.807, 2.05) is 0 Å². The highest BCUT2D eigenvalue weighted by molar-refractivity contribution is 9.10. The van der Waals surface area contributed by atoms with Crippen LogP contribution < -0.4 is 4.74 Å². The molecular formula is C15H22BrN3O4S. The number of halogens is 1. The molecule has 0 saturated carbocycles. The molecule has 1 aromatic rings.